The quantitative estimate of drug-likeness (QED) is 0.201. The molecule has 0 aliphatic carbocycles. The van der Waals surface area contributed by atoms with Crippen LogP contribution in [0.3, 0.4) is 0 Å². The molecule has 10 aromatic rings. The SMILES string of the molecule is c1ccc(-n2c3cc4c(cc3c3ccc5oc6ccccc6c5c32)c2ccccc2n2c3ccccc3nc42)cc1. The van der Waals surface area contributed by atoms with Gasteiger partial charge in [-0.25, -0.2) is 4.98 Å². The van der Waals surface area contributed by atoms with Crippen LogP contribution in [0.15, 0.2) is 132 Å². The van der Waals surface area contributed by atoms with Crippen molar-refractivity contribution in [3.05, 3.63) is 127 Å². The van der Waals surface area contributed by atoms with E-state index >= 15 is 0 Å². The third-order valence-electron chi connectivity index (χ3n) is 8.66. The zero-order valence-electron chi connectivity index (χ0n) is 21.9. The van der Waals surface area contributed by atoms with Gasteiger partial charge in [0.05, 0.1) is 33.0 Å². The zero-order chi connectivity index (χ0) is 26.7. The first-order valence-electron chi connectivity index (χ1n) is 13.9. The van der Waals surface area contributed by atoms with Crippen molar-refractivity contribution in [2.24, 2.45) is 0 Å². The largest absolute Gasteiger partial charge is 0.456 e. The summed E-state index contributed by atoms with van der Waals surface area (Å²) in [4.78, 5) is 5.18. The first-order chi connectivity index (χ1) is 20.3. The maximum absolute atomic E-state index is 6.35. The Labute approximate surface area is 233 Å². The summed E-state index contributed by atoms with van der Waals surface area (Å²) in [5.41, 5.74) is 9.51. The Kier molecular flexibility index (Phi) is 3.90. The molecule has 190 valence electrons. The Bertz CT molecular complexity index is 2690. The van der Waals surface area contributed by atoms with Crippen LogP contribution in [0.4, 0.5) is 0 Å². The third kappa shape index (κ3) is 2.66. The maximum atomic E-state index is 6.35. The zero-order valence-corrected chi connectivity index (χ0v) is 21.9. The lowest BCUT2D eigenvalue weighted by molar-refractivity contribution is 0.669. The van der Waals surface area contributed by atoms with Crippen LogP contribution in [-0.4, -0.2) is 14.0 Å². The first-order valence-corrected chi connectivity index (χ1v) is 13.9. The molecule has 0 unspecified atom stereocenters. The standard InChI is InChI=1S/C37H21N3O/c1-2-10-22(11-3-1)39-32-21-28-26(23-12-4-7-15-30(23)40-31-16-8-6-14-29(31)38-37(28)40)20-27(32)24-18-19-34-35(36(24)39)25-13-5-9-17-33(25)41-34/h1-21H. The van der Waals surface area contributed by atoms with Crippen LogP contribution in [-0.2, 0) is 0 Å². The number of para-hydroxylation sites is 5. The highest BCUT2D eigenvalue weighted by Gasteiger charge is 2.21. The lowest BCUT2D eigenvalue weighted by atomic mass is 10.0. The van der Waals surface area contributed by atoms with Crippen LogP contribution in [0, 0.1) is 0 Å². The van der Waals surface area contributed by atoms with Gasteiger partial charge in [0.25, 0.3) is 0 Å². The monoisotopic (exact) mass is 523 g/mol. The number of aromatic nitrogens is 3. The third-order valence-corrected chi connectivity index (χ3v) is 8.66. The number of fused-ring (bicyclic) bond motifs is 15. The summed E-state index contributed by atoms with van der Waals surface area (Å²) in [6, 6.07) is 45.1. The molecule has 4 aromatic heterocycles. The van der Waals surface area contributed by atoms with Gasteiger partial charge in [0.1, 0.15) is 16.8 Å². The number of nitrogens with zero attached hydrogens (tertiary/aromatic N) is 3. The van der Waals surface area contributed by atoms with Gasteiger partial charge in [0, 0.05) is 32.6 Å². The van der Waals surface area contributed by atoms with Gasteiger partial charge in [-0.2, -0.15) is 0 Å². The van der Waals surface area contributed by atoms with E-state index in [9.17, 15) is 0 Å². The Balaban J connectivity index is 1.51. The molecule has 0 radical (unpaired) electrons. The van der Waals surface area contributed by atoms with Crippen molar-refractivity contribution in [3.8, 4) is 5.69 Å². The summed E-state index contributed by atoms with van der Waals surface area (Å²) in [6.07, 6.45) is 0. The van der Waals surface area contributed by atoms with Gasteiger partial charge in [-0.05, 0) is 66.0 Å². The molecular formula is C37H21N3O. The number of hydrogen-bond acceptors (Lipinski definition) is 2. The fourth-order valence-electron chi connectivity index (χ4n) is 6.96. The fourth-order valence-corrected chi connectivity index (χ4v) is 6.96. The molecule has 0 aliphatic rings. The Hall–Kier alpha value is -5.61. The number of imidazole rings is 1. The van der Waals surface area contributed by atoms with Crippen molar-refractivity contribution >= 4 is 82.1 Å². The van der Waals surface area contributed by atoms with Crippen LogP contribution in [0.2, 0.25) is 0 Å². The minimum absolute atomic E-state index is 0.899. The van der Waals surface area contributed by atoms with E-state index in [1.807, 2.05) is 6.07 Å². The number of rotatable bonds is 1. The second-order valence-corrected chi connectivity index (χ2v) is 10.8. The summed E-state index contributed by atoms with van der Waals surface area (Å²) in [5, 5.41) is 8.27. The van der Waals surface area contributed by atoms with E-state index in [-0.39, 0.29) is 0 Å². The fraction of sp³-hybridized carbons (Fsp3) is 0. The highest BCUT2D eigenvalue weighted by atomic mass is 16.3. The molecule has 41 heavy (non-hydrogen) atoms. The summed E-state index contributed by atoms with van der Waals surface area (Å²) in [7, 11) is 0. The number of hydrogen-bond donors (Lipinski definition) is 0. The van der Waals surface area contributed by atoms with E-state index in [2.05, 4.69) is 130 Å². The molecule has 4 nitrogen and oxygen atoms in total. The van der Waals surface area contributed by atoms with Crippen LogP contribution in [0.25, 0.3) is 87.8 Å². The van der Waals surface area contributed by atoms with Crippen molar-refractivity contribution in [1.82, 2.24) is 14.0 Å². The van der Waals surface area contributed by atoms with Gasteiger partial charge >= 0.3 is 0 Å². The normalized spacial score (nSPS) is 12.4. The number of pyridine rings is 1. The summed E-state index contributed by atoms with van der Waals surface area (Å²) in [6.45, 7) is 0. The van der Waals surface area contributed by atoms with E-state index in [4.69, 9.17) is 9.40 Å². The van der Waals surface area contributed by atoms with Gasteiger partial charge in [-0.3, -0.25) is 4.40 Å². The van der Waals surface area contributed by atoms with E-state index in [1.165, 1.54) is 21.5 Å². The minimum Gasteiger partial charge on any atom is -0.456 e. The average Bonchev–Trinajstić information content (AvgIpc) is 3.70. The van der Waals surface area contributed by atoms with Crippen LogP contribution < -0.4 is 0 Å². The van der Waals surface area contributed by atoms with E-state index in [0.29, 0.717) is 0 Å². The van der Waals surface area contributed by atoms with Gasteiger partial charge < -0.3 is 8.98 Å². The van der Waals surface area contributed by atoms with Crippen LogP contribution in [0.5, 0.6) is 0 Å². The van der Waals surface area contributed by atoms with Crippen LogP contribution >= 0.6 is 0 Å². The van der Waals surface area contributed by atoms with Gasteiger partial charge in [-0.1, -0.05) is 66.7 Å². The van der Waals surface area contributed by atoms with Crippen molar-refractivity contribution in [1.29, 1.82) is 0 Å². The molecule has 4 heterocycles. The minimum atomic E-state index is 0.899. The summed E-state index contributed by atoms with van der Waals surface area (Å²) >= 11 is 0. The molecular weight excluding hydrogens is 502 g/mol. The molecule has 6 aromatic carbocycles. The molecule has 0 atom stereocenters. The lowest BCUT2D eigenvalue weighted by Crippen LogP contribution is -1.95. The van der Waals surface area contributed by atoms with Gasteiger partial charge in [-0.15, -0.1) is 0 Å². The highest BCUT2D eigenvalue weighted by molar-refractivity contribution is 6.27. The predicted molar refractivity (Wildman–Crippen MR) is 169 cm³/mol. The Morgan fingerprint density at radius 2 is 1.24 bits per heavy atom. The molecule has 0 saturated heterocycles. The maximum Gasteiger partial charge on any atom is 0.146 e. The molecule has 4 heteroatoms. The molecule has 0 spiro atoms. The van der Waals surface area contributed by atoms with Crippen molar-refractivity contribution in [3.63, 3.8) is 0 Å². The Morgan fingerprint density at radius 1 is 0.488 bits per heavy atom. The van der Waals surface area contributed by atoms with E-state index in [1.54, 1.807) is 0 Å². The van der Waals surface area contributed by atoms with Crippen LogP contribution in [0.1, 0.15) is 0 Å². The Morgan fingerprint density at radius 3 is 2.15 bits per heavy atom. The summed E-state index contributed by atoms with van der Waals surface area (Å²) < 4.78 is 11.1. The molecule has 0 aliphatic heterocycles. The highest BCUT2D eigenvalue weighted by Crippen LogP contribution is 2.43. The second kappa shape index (κ2) is 7.52. The second-order valence-electron chi connectivity index (χ2n) is 10.8. The van der Waals surface area contributed by atoms with Crippen molar-refractivity contribution in [2.45, 2.75) is 0 Å². The van der Waals surface area contributed by atoms with Gasteiger partial charge in [0.15, 0.2) is 0 Å². The topological polar surface area (TPSA) is 35.4 Å². The molecule has 0 saturated carbocycles. The molecule has 0 amide bonds. The molecule has 0 N–H and O–H groups in total. The first kappa shape index (κ1) is 21.2. The van der Waals surface area contributed by atoms with E-state index < -0.39 is 0 Å². The lowest BCUT2D eigenvalue weighted by Gasteiger charge is -2.11. The summed E-state index contributed by atoms with van der Waals surface area (Å²) in [5.74, 6) is 0. The van der Waals surface area contributed by atoms with Crippen molar-refractivity contribution < 1.29 is 4.42 Å². The average molecular weight is 524 g/mol. The van der Waals surface area contributed by atoms with E-state index in [0.717, 1.165) is 66.2 Å². The molecule has 0 bridgehead atoms. The predicted octanol–water partition coefficient (Wildman–Crippen LogP) is 9.79. The number of benzene rings is 6. The molecule has 0 fully saturated rings. The van der Waals surface area contributed by atoms with Gasteiger partial charge in [0.2, 0.25) is 0 Å². The van der Waals surface area contributed by atoms with Crippen molar-refractivity contribution in [2.75, 3.05) is 0 Å². The molecule has 10 rings (SSSR count). The smallest absolute Gasteiger partial charge is 0.146 e. The number of furan rings is 1.